The van der Waals surface area contributed by atoms with E-state index < -0.39 is 5.41 Å². The predicted molar refractivity (Wildman–Crippen MR) is 172 cm³/mol. The molecule has 0 atom stereocenters. The maximum Gasteiger partial charge on any atom is 0.119 e. The highest BCUT2D eigenvalue weighted by Crippen LogP contribution is 2.58. The van der Waals surface area contributed by atoms with Crippen molar-refractivity contribution in [3.8, 4) is 22.6 Å². The Morgan fingerprint density at radius 2 is 0.951 bits per heavy atom. The lowest BCUT2D eigenvalue weighted by atomic mass is 9.66. The van der Waals surface area contributed by atoms with Crippen LogP contribution in [0.2, 0.25) is 0 Å². The fourth-order valence-corrected chi connectivity index (χ4v) is 6.51. The monoisotopic (exact) mass is 540 g/mol. The third-order valence-electron chi connectivity index (χ3n) is 8.88. The number of hydrogen-bond acceptors (Lipinski definition) is 2. The molecule has 0 fully saturated rings. The summed E-state index contributed by atoms with van der Waals surface area (Å²) in [5.74, 6) is 1.73. The van der Waals surface area contributed by atoms with E-state index in [1.807, 2.05) is 6.07 Å². The molecule has 0 N–H and O–H groups in total. The van der Waals surface area contributed by atoms with Gasteiger partial charge < -0.3 is 9.47 Å². The Labute approximate surface area is 245 Å². The summed E-state index contributed by atoms with van der Waals surface area (Å²) in [6, 6.07) is 36.2. The quantitative estimate of drug-likeness (QED) is 0.221. The third-order valence-corrected chi connectivity index (χ3v) is 8.88. The van der Waals surface area contributed by atoms with Gasteiger partial charge in [0.1, 0.15) is 11.5 Å². The molecule has 0 aromatic heterocycles. The molecule has 0 saturated heterocycles. The van der Waals surface area contributed by atoms with E-state index in [0.717, 1.165) is 11.5 Å². The van der Waals surface area contributed by atoms with E-state index in [-0.39, 0.29) is 10.8 Å². The second-order valence-corrected chi connectivity index (χ2v) is 13.4. The molecule has 0 radical (unpaired) electrons. The maximum absolute atomic E-state index is 5.82. The van der Waals surface area contributed by atoms with Crippen molar-refractivity contribution in [1.29, 1.82) is 0 Å². The summed E-state index contributed by atoms with van der Waals surface area (Å²) in [5, 5.41) is 2.37. The smallest absolute Gasteiger partial charge is 0.119 e. The van der Waals surface area contributed by atoms with Crippen LogP contribution in [0.4, 0.5) is 0 Å². The van der Waals surface area contributed by atoms with Crippen molar-refractivity contribution in [2.45, 2.75) is 57.8 Å². The van der Waals surface area contributed by atoms with Gasteiger partial charge in [0.25, 0.3) is 0 Å². The molecule has 2 heteroatoms. The number of rotatable bonds is 4. The minimum atomic E-state index is -0.511. The number of benzene rings is 5. The first-order chi connectivity index (χ1) is 19.5. The van der Waals surface area contributed by atoms with E-state index in [4.69, 9.17) is 9.47 Å². The topological polar surface area (TPSA) is 18.5 Å². The third kappa shape index (κ3) is 4.32. The second kappa shape index (κ2) is 9.52. The average Bonchev–Trinajstić information content (AvgIpc) is 3.24. The summed E-state index contributed by atoms with van der Waals surface area (Å²) in [5.41, 5.74) is 9.84. The van der Waals surface area contributed by atoms with Gasteiger partial charge in [-0.25, -0.2) is 0 Å². The van der Waals surface area contributed by atoms with Crippen LogP contribution in [0.25, 0.3) is 21.9 Å². The molecule has 1 aliphatic rings. The van der Waals surface area contributed by atoms with Crippen LogP contribution in [0.1, 0.15) is 74.9 Å². The Balaban J connectivity index is 1.74. The summed E-state index contributed by atoms with van der Waals surface area (Å²) in [6.45, 7) is 13.6. The van der Waals surface area contributed by atoms with E-state index >= 15 is 0 Å². The molecular formula is C39H40O2. The number of hydrogen-bond donors (Lipinski definition) is 0. The fourth-order valence-electron chi connectivity index (χ4n) is 6.51. The van der Waals surface area contributed by atoms with Crippen LogP contribution in [0.3, 0.4) is 0 Å². The zero-order valence-corrected chi connectivity index (χ0v) is 25.6. The standard InChI is InChI=1S/C39H40O2/c1-37(2,3)27-10-14-29(15-11-27)39(30-16-12-28(13-17-30)38(4,5)6)35-23-26-21-31(40-7)18-9-25(26)22-34(35)33-20-19-32(41-8)24-36(33)39/h9-24H,1-8H3. The lowest BCUT2D eigenvalue weighted by Gasteiger charge is -2.35. The average molecular weight is 541 g/mol. The van der Waals surface area contributed by atoms with Crippen LogP contribution in [-0.2, 0) is 16.2 Å². The fraction of sp³-hybridized carbons (Fsp3) is 0.282. The molecule has 0 aliphatic heterocycles. The molecule has 0 unspecified atom stereocenters. The van der Waals surface area contributed by atoms with Crippen LogP contribution in [0.5, 0.6) is 11.5 Å². The number of fused-ring (bicyclic) bond motifs is 4. The number of ether oxygens (including phenoxy) is 2. The van der Waals surface area contributed by atoms with Crippen molar-refractivity contribution in [2.75, 3.05) is 14.2 Å². The van der Waals surface area contributed by atoms with Gasteiger partial charge in [-0.1, -0.05) is 102 Å². The van der Waals surface area contributed by atoms with Crippen LogP contribution < -0.4 is 9.47 Å². The first kappa shape index (κ1) is 27.1. The molecule has 2 nitrogen and oxygen atoms in total. The van der Waals surface area contributed by atoms with E-state index in [9.17, 15) is 0 Å². The molecule has 0 spiro atoms. The minimum Gasteiger partial charge on any atom is -0.497 e. The van der Waals surface area contributed by atoms with Crippen LogP contribution >= 0.6 is 0 Å². The molecule has 0 amide bonds. The Bertz CT molecular complexity index is 1690. The molecule has 208 valence electrons. The normalized spacial score (nSPS) is 14.0. The first-order valence-corrected chi connectivity index (χ1v) is 14.5. The van der Waals surface area contributed by atoms with Crippen LogP contribution in [-0.4, -0.2) is 14.2 Å². The molecule has 5 aromatic carbocycles. The highest BCUT2D eigenvalue weighted by molar-refractivity contribution is 5.96. The van der Waals surface area contributed by atoms with Crippen molar-refractivity contribution in [3.05, 3.63) is 130 Å². The van der Waals surface area contributed by atoms with Crippen LogP contribution in [0.15, 0.2) is 97.1 Å². The van der Waals surface area contributed by atoms with Gasteiger partial charge in [-0.05, 0) is 103 Å². The molecule has 0 heterocycles. The van der Waals surface area contributed by atoms with Gasteiger partial charge in [0, 0.05) is 0 Å². The highest BCUT2D eigenvalue weighted by Gasteiger charge is 2.47. The van der Waals surface area contributed by atoms with E-state index in [1.54, 1.807) is 14.2 Å². The first-order valence-electron chi connectivity index (χ1n) is 14.5. The zero-order chi connectivity index (χ0) is 29.2. The maximum atomic E-state index is 5.82. The van der Waals surface area contributed by atoms with Gasteiger partial charge >= 0.3 is 0 Å². The predicted octanol–water partition coefficient (Wildman–Crippen LogP) is 9.82. The van der Waals surface area contributed by atoms with Gasteiger partial charge in [0.2, 0.25) is 0 Å². The van der Waals surface area contributed by atoms with E-state index in [1.165, 1.54) is 55.3 Å². The minimum absolute atomic E-state index is 0.0709. The van der Waals surface area contributed by atoms with Gasteiger partial charge in [-0.3, -0.25) is 0 Å². The highest BCUT2D eigenvalue weighted by atomic mass is 16.5. The lowest BCUT2D eigenvalue weighted by Crippen LogP contribution is -2.29. The Morgan fingerprint density at radius 3 is 1.46 bits per heavy atom. The van der Waals surface area contributed by atoms with E-state index in [0.29, 0.717) is 0 Å². The van der Waals surface area contributed by atoms with Gasteiger partial charge in [-0.15, -0.1) is 0 Å². The van der Waals surface area contributed by atoms with Crippen molar-refractivity contribution in [2.24, 2.45) is 0 Å². The second-order valence-electron chi connectivity index (χ2n) is 13.4. The Hall–Kier alpha value is -4.04. The number of methoxy groups -OCH3 is 2. The van der Waals surface area contributed by atoms with E-state index in [2.05, 4.69) is 133 Å². The van der Waals surface area contributed by atoms with Crippen molar-refractivity contribution >= 4 is 10.8 Å². The molecule has 41 heavy (non-hydrogen) atoms. The molecular weight excluding hydrogens is 500 g/mol. The largest absolute Gasteiger partial charge is 0.497 e. The summed E-state index contributed by atoms with van der Waals surface area (Å²) in [6.07, 6.45) is 0. The zero-order valence-electron chi connectivity index (χ0n) is 25.6. The SMILES string of the molecule is COc1ccc2c(c1)C(c1ccc(C(C)(C)C)cc1)(c1ccc(C(C)(C)C)cc1)c1cc3cc(OC)ccc3cc1-2. The van der Waals surface area contributed by atoms with Crippen LogP contribution in [0, 0.1) is 0 Å². The summed E-state index contributed by atoms with van der Waals surface area (Å²) in [4.78, 5) is 0. The Morgan fingerprint density at radius 1 is 0.463 bits per heavy atom. The lowest BCUT2D eigenvalue weighted by molar-refractivity contribution is 0.414. The Kier molecular flexibility index (Phi) is 6.30. The molecule has 5 aromatic rings. The summed E-state index contributed by atoms with van der Waals surface area (Å²) < 4.78 is 11.5. The summed E-state index contributed by atoms with van der Waals surface area (Å²) in [7, 11) is 3.48. The van der Waals surface area contributed by atoms with Crippen molar-refractivity contribution in [3.63, 3.8) is 0 Å². The van der Waals surface area contributed by atoms with Gasteiger partial charge in [-0.2, -0.15) is 0 Å². The van der Waals surface area contributed by atoms with Gasteiger partial charge in [0.05, 0.1) is 19.6 Å². The molecule has 1 aliphatic carbocycles. The molecule has 0 bridgehead atoms. The molecule has 0 saturated carbocycles. The summed E-state index contributed by atoms with van der Waals surface area (Å²) >= 11 is 0. The van der Waals surface area contributed by atoms with Gasteiger partial charge in [0.15, 0.2) is 0 Å². The molecule has 6 rings (SSSR count). The van der Waals surface area contributed by atoms with Crippen molar-refractivity contribution < 1.29 is 9.47 Å². The van der Waals surface area contributed by atoms with Crippen molar-refractivity contribution in [1.82, 2.24) is 0 Å².